The number of sulfonamides is 1. The van der Waals surface area contributed by atoms with Crippen molar-refractivity contribution >= 4 is 10.0 Å². The summed E-state index contributed by atoms with van der Waals surface area (Å²) in [6.07, 6.45) is 0.514. The molecule has 0 fully saturated rings. The second-order valence-corrected chi connectivity index (χ2v) is 9.38. The highest BCUT2D eigenvalue weighted by molar-refractivity contribution is 7.89. The van der Waals surface area contributed by atoms with Crippen LogP contribution in [0.2, 0.25) is 0 Å². The zero-order chi connectivity index (χ0) is 20.7. The molecule has 1 aliphatic heterocycles. The molecule has 6 nitrogen and oxygen atoms in total. The van der Waals surface area contributed by atoms with E-state index in [1.165, 1.54) is 0 Å². The molecule has 0 unspecified atom stereocenters. The molecule has 2 aromatic rings. The Hall–Kier alpha value is -2.25. The van der Waals surface area contributed by atoms with Gasteiger partial charge in [0.25, 0.3) is 0 Å². The zero-order valence-electron chi connectivity index (χ0n) is 17.1. The van der Waals surface area contributed by atoms with Crippen molar-refractivity contribution in [3.05, 3.63) is 47.0 Å². The van der Waals surface area contributed by atoms with Crippen molar-refractivity contribution < 1.29 is 22.6 Å². The Morgan fingerprint density at radius 3 is 2.21 bits per heavy atom. The number of aryl methyl sites for hydroxylation is 2. The molecule has 3 rings (SSSR count). The third-order valence-corrected chi connectivity index (χ3v) is 6.69. The van der Waals surface area contributed by atoms with Gasteiger partial charge in [-0.25, -0.2) is 13.1 Å². The number of hydrogen-bond donors (Lipinski definition) is 1. The standard InChI is InChI=1S/C21H27NO5S/c1-13-9-16(26-6)10-14(2)20(13)28(23,24)22-18-12-21(3,4)27-19-11-15(25-5)7-8-17(18)19/h7-11,18,22H,12H2,1-6H3/t18-/m1/s1. The highest BCUT2D eigenvalue weighted by Crippen LogP contribution is 2.42. The van der Waals surface area contributed by atoms with Crippen LogP contribution in [0.1, 0.15) is 43.0 Å². The molecule has 0 saturated heterocycles. The zero-order valence-corrected chi connectivity index (χ0v) is 17.9. The van der Waals surface area contributed by atoms with Gasteiger partial charge < -0.3 is 14.2 Å². The Labute approximate surface area is 166 Å². The molecule has 0 aliphatic carbocycles. The van der Waals surface area contributed by atoms with Gasteiger partial charge in [0.15, 0.2) is 0 Å². The van der Waals surface area contributed by atoms with Crippen LogP contribution in [0.15, 0.2) is 35.2 Å². The van der Waals surface area contributed by atoms with Crippen LogP contribution >= 0.6 is 0 Å². The first kappa shape index (κ1) is 20.5. The van der Waals surface area contributed by atoms with Gasteiger partial charge in [0.2, 0.25) is 10.0 Å². The quantitative estimate of drug-likeness (QED) is 0.817. The number of hydrogen-bond acceptors (Lipinski definition) is 5. The maximum absolute atomic E-state index is 13.3. The van der Waals surface area contributed by atoms with E-state index >= 15 is 0 Å². The fourth-order valence-electron chi connectivity index (χ4n) is 3.76. The smallest absolute Gasteiger partial charge is 0.241 e. The Kier molecular flexibility index (Phi) is 5.34. The molecule has 0 spiro atoms. The molecule has 0 aromatic heterocycles. The molecule has 7 heteroatoms. The van der Waals surface area contributed by atoms with Gasteiger partial charge >= 0.3 is 0 Å². The summed E-state index contributed by atoms with van der Waals surface area (Å²) in [5.41, 5.74) is 1.57. The summed E-state index contributed by atoms with van der Waals surface area (Å²) >= 11 is 0. The Morgan fingerprint density at radius 1 is 1.04 bits per heavy atom. The van der Waals surface area contributed by atoms with Crippen molar-refractivity contribution in [2.24, 2.45) is 0 Å². The van der Waals surface area contributed by atoms with Gasteiger partial charge in [0.1, 0.15) is 22.8 Å². The fourth-order valence-corrected chi connectivity index (χ4v) is 5.43. The van der Waals surface area contributed by atoms with E-state index in [1.807, 2.05) is 26.0 Å². The molecular formula is C21H27NO5S. The van der Waals surface area contributed by atoms with Crippen molar-refractivity contribution in [1.82, 2.24) is 4.72 Å². The highest BCUT2D eigenvalue weighted by atomic mass is 32.2. The molecule has 1 atom stereocenters. The monoisotopic (exact) mass is 405 g/mol. The summed E-state index contributed by atoms with van der Waals surface area (Å²) < 4.78 is 46.0. The second kappa shape index (κ2) is 7.29. The van der Waals surface area contributed by atoms with Crippen LogP contribution in [-0.4, -0.2) is 28.2 Å². The topological polar surface area (TPSA) is 73.9 Å². The molecular weight excluding hydrogens is 378 g/mol. The van der Waals surface area contributed by atoms with E-state index in [9.17, 15) is 8.42 Å². The first-order valence-corrected chi connectivity index (χ1v) is 10.6. The lowest BCUT2D eigenvalue weighted by molar-refractivity contribution is 0.0699. The molecule has 0 amide bonds. The average molecular weight is 406 g/mol. The van der Waals surface area contributed by atoms with Crippen LogP contribution in [0.3, 0.4) is 0 Å². The molecule has 0 bridgehead atoms. The number of nitrogens with one attached hydrogen (secondary N) is 1. The maximum atomic E-state index is 13.3. The van der Waals surface area contributed by atoms with Crippen LogP contribution in [0.4, 0.5) is 0 Å². The van der Waals surface area contributed by atoms with Crippen LogP contribution in [-0.2, 0) is 10.0 Å². The lowest BCUT2D eigenvalue weighted by Gasteiger charge is -2.38. The van der Waals surface area contributed by atoms with Gasteiger partial charge in [-0.15, -0.1) is 0 Å². The van der Waals surface area contributed by atoms with Crippen LogP contribution in [0.25, 0.3) is 0 Å². The van der Waals surface area contributed by atoms with E-state index in [2.05, 4.69) is 4.72 Å². The largest absolute Gasteiger partial charge is 0.497 e. The number of rotatable bonds is 5. The molecule has 28 heavy (non-hydrogen) atoms. The summed E-state index contributed by atoms with van der Waals surface area (Å²) in [5.74, 6) is 1.94. The SMILES string of the molecule is COc1cc(C)c(S(=O)(=O)N[C@@H]2CC(C)(C)Oc3cc(OC)ccc32)c(C)c1. The number of fused-ring (bicyclic) bond motifs is 1. The first-order chi connectivity index (χ1) is 13.1. The predicted octanol–water partition coefficient (Wildman–Crippen LogP) is 3.90. The summed E-state index contributed by atoms with van der Waals surface area (Å²) in [4.78, 5) is 0.285. The Morgan fingerprint density at radius 2 is 1.64 bits per heavy atom. The minimum atomic E-state index is -3.75. The molecule has 1 aliphatic rings. The lowest BCUT2D eigenvalue weighted by atomic mass is 9.90. The summed E-state index contributed by atoms with van der Waals surface area (Å²) in [6, 6.07) is 8.51. The molecule has 0 radical (unpaired) electrons. The van der Waals surface area contributed by atoms with Crippen molar-refractivity contribution in [3.8, 4) is 17.2 Å². The summed E-state index contributed by atoms with van der Waals surface area (Å²) in [7, 11) is -0.593. The van der Waals surface area contributed by atoms with Crippen molar-refractivity contribution in [1.29, 1.82) is 0 Å². The predicted molar refractivity (Wildman–Crippen MR) is 108 cm³/mol. The van der Waals surface area contributed by atoms with E-state index < -0.39 is 21.7 Å². The van der Waals surface area contributed by atoms with Gasteiger partial charge in [0, 0.05) is 18.1 Å². The van der Waals surface area contributed by atoms with Gasteiger partial charge in [-0.2, -0.15) is 0 Å². The highest BCUT2D eigenvalue weighted by Gasteiger charge is 2.37. The van der Waals surface area contributed by atoms with E-state index in [4.69, 9.17) is 14.2 Å². The van der Waals surface area contributed by atoms with Crippen molar-refractivity contribution in [3.63, 3.8) is 0 Å². The lowest BCUT2D eigenvalue weighted by Crippen LogP contribution is -2.41. The Balaban J connectivity index is 2.01. The first-order valence-electron chi connectivity index (χ1n) is 9.11. The third kappa shape index (κ3) is 3.95. The molecule has 152 valence electrons. The van der Waals surface area contributed by atoms with Gasteiger partial charge in [-0.1, -0.05) is 6.07 Å². The second-order valence-electron chi connectivity index (χ2n) is 7.73. The van der Waals surface area contributed by atoms with Crippen molar-refractivity contribution in [2.75, 3.05) is 14.2 Å². The number of ether oxygens (including phenoxy) is 3. The van der Waals surface area contributed by atoms with Gasteiger partial charge in [0.05, 0.1) is 25.2 Å². The summed E-state index contributed by atoms with van der Waals surface area (Å²) in [6.45, 7) is 7.44. The molecule has 1 heterocycles. The van der Waals surface area contributed by atoms with Crippen LogP contribution in [0.5, 0.6) is 17.2 Å². The van der Waals surface area contributed by atoms with E-state index in [-0.39, 0.29) is 4.90 Å². The fraction of sp³-hybridized carbons (Fsp3) is 0.429. The van der Waals surface area contributed by atoms with Crippen LogP contribution < -0.4 is 18.9 Å². The van der Waals surface area contributed by atoms with E-state index in [1.54, 1.807) is 46.3 Å². The van der Waals surface area contributed by atoms with Crippen molar-refractivity contribution in [2.45, 2.75) is 50.7 Å². The minimum Gasteiger partial charge on any atom is -0.497 e. The average Bonchev–Trinajstić information content (AvgIpc) is 2.58. The number of benzene rings is 2. The number of methoxy groups -OCH3 is 2. The third-order valence-electron chi connectivity index (χ3n) is 4.91. The Bertz CT molecular complexity index is 975. The van der Waals surface area contributed by atoms with Crippen LogP contribution in [0, 0.1) is 13.8 Å². The minimum absolute atomic E-state index is 0.285. The van der Waals surface area contributed by atoms with E-state index in [0.717, 1.165) is 5.56 Å². The van der Waals surface area contributed by atoms with E-state index in [0.29, 0.717) is 34.8 Å². The van der Waals surface area contributed by atoms with Gasteiger partial charge in [-0.05, 0) is 57.0 Å². The molecule has 0 saturated carbocycles. The van der Waals surface area contributed by atoms with Gasteiger partial charge in [-0.3, -0.25) is 0 Å². The summed E-state index contributed by atoms with van der Waals surface area (Å²) in [5, 5.41) is 0. The molecule has 1 N–H and O–H groups in total. The maximum Gasteiger partial charge on any atom is 0.241 e. The molecule has 2 aromatic carbocycles. The normalized spacial score (nSPS) is 18.1.